The highest BCUT2D eigenvalue weighted by Gasteiger charge is 2.37. The van der Waals surface area contributed by atoms with E-state index in [0.717, 1.165) is 11.3 Å². The second-order valence-electron chi connectivity index (χ2n) is 7.15. The van der Waals surface area contributed by atoms with Gasteiger partial charge in [-0.15, -0.1) is 0 Å². The molecule has 2 amide bonds. The number of ether oxygens (including phenoxy) is 1. The predicted octanol–water partition coefficient (Wildman–Crippen LogP) is 3.49. The minimum absolute atomic E-state index is 0.0231. The minimum Gasteiger partial charge on any atom is -0.497 e. The molecule has 1 heterocycles. The number of nitrogens with zero attached hydrogens (tertiary/aromatic N) is 2. The van der Waals surface area contributed by atoms with Crippen molar-refractivity contribution in [2.45, 2.75) is 32.9 Å². The molecule has 1 aliphatic heterocycles. The molecule has 0 spiro atoms. The van der Waals surface area contributed by atoms with Crippen molar-refractivity contribution in [1.29, 1.82) is 0 Å². The van der Waals surface area contributed by atoms with E-state index in [4.69, 9.17) is 4.74 Å². The molecule has 1 unspecified atom stereocenters. The van der Waals surface area contributed by atoms with Gasteiger partial charge in [0.25, 0.3) is 0 Å². The van der Waals surface area contributed by atoms with Crippen LogP contribution in [0.15, 0.2) is 54.6 Å². The van der Waals surface area contributed by atoms with E-state index in [1.54, 1.807) is 12.0 Å². The van der Waals surface area contributed by atoms with Crippen molar-refractivity contribution in [3.63, 3.8) is 0 Å². The summed E-state index contributed by atoms with van der Waals surface area (Å²) in [5.41, 5.74) is 1.86. The quantitative estimate of drug-likeness (QED) is 0.786. The van der Waals surface area contributed by atoms with Gasteiger partial charge in [-0.05, 0) is 31.5 Å². The number of methoxy groups -OCH3 is 1. The van der Waals surface area contributed by atoms with E-state index in [2.05, 4.69) is 0 Å². The molecular formula is C22H26N2O3. The first-order valence-electron chi connectivity index (χ1n) is 9.28. The second kappa shape index (κ2) is 8.25. The molecule has 5 nitrogen and oxygen atoms in total. The van der Waals surface area contributed by atoms with Gasteiger partial charge in [-0.3, -0.25) is 9.59 Å². The Morgan fingerprint density at radius 3 is 2.59 bits per heavy atom. The number of carbonyl (C=O) groups is 2. The van der Waals surface area contributed by atoms with Crippen LogP contribution in [0, 0.1) is 5.92 Å². The molecule has 2 aromatic rings. The SMILES string of the molecule is COc1cccc(N2CC(C(=O)N(Cc3ccccc3)C(C)C)CC2=O)c1. The van der Waals surface area contributed by atoms with Gasteiger partial charge in [0.15, 0.2) is 0 Å². The fraction of sp³-hybridized carbons (Fsp3) is 0.364. The predicted molar refractivity (Wildman–Crippen MR) is 106 cm³/mol. The first kappa shape index (κ1) is 19.0. The number of hydrogen-bond donors (Lipinski definition) is 0. The highest BCUT2D eigenvalue weighted by Crippen LogP contribution is 2.29. The highest BCUT2D eigenvalue weighted by atomic mass is 16.5. The van der Waals surface area contributed by atoms with Gasteiger partial charge in [-0.2, -0.15) is 0 Å². The summed E-state index contributed by atoms with van der Waals surface area (Å²) in [4.78, 5) is 29.3. The van der Waals surface area contributed by atoms with Crippen LogP contribution in [-0.2, 0) is 16.1 Å². The summed E-state index contributed by atoms with van der Waals surface area (Å²) in [5, 5.41) is 0. The molecule has 1 aliphatic rings. The number of hydrogen-bond acceptors (Lipinski definition) is 3. The van der Waals surface area contributed by atoms with Gasteiger partial charge in [0.1, 0.15) is 5.75 Å². The Balaban J connectivity index is 1.75. The van der Waals surface area contributed by atoms with Crippen LogP contribution in [0.25, 0.3) is 0 Å². The lowest BCUT2D eigenvalue weighted by atomic mass is 10.1. The van der Waals surface area contributed by atoms with Gasteiger partial charge < -0.3 is 14.5 Å². The topological polar surface area (TPSA) is 49.9 Å². The highest BCUT2D eigenvalue weighted by molar-refractivity contribution is 6.00. The molecular weight excluding hydrogens is 340 g/mol. The second-order valence-corrected chi connectivity index (χ2v) is 7.15. The van der Waals surface area contributed by atoms with Crippen molar-refractivity contribution >= 4 is 17.5 Å². The average molecular weight is 366 g/mol. The Hall–Kier alpha value is -2.82. The van der Waals surface area contributed by atoms with Crippen LogP contribution in [0.5, 0.6) is 5.75 Å². The normalized spacial score (nSPS) is 16.7. The molecule has 1 fully saturated rings. The van der Waals surface area contributed by atoms with E-state index in [1.165, 1.54) is 0 Å². The van der Waals surface area contributed by atoms with Crippen molar-refractivity contribution in [2.75, 3.05) is 18.6 Å². The molecule has 1 saturated heterocycles. The zero-order chi connectivity index (χ0) is 19.4. The van der Waals surface area contributed by atoms with Crippen LogP contribution in [-0.4, -0.2) is 36.4 Å². The van der Waals surface area contributed by atoms with Gasteiger partial charge in [0.05, 0.1) is 13.0 Å². The first-order chi connectivity index (χ1) is 13.0. The number of carbonyl (C=O) groups excluding carboxylic acids is 2. The van der Waals surface area contributed by atoms with Crippen molar-refractivity contribution in [3.8, 4) is 5.75 Å². The van der Waals surface area contributed by atoms with Gasteiger partial charge in [-0.25, -0.2) is 0 Å². The van der Waals surface area contributed by atoms with Gasteiger partial charge in [0, 0.05) is 37.3 Å². The third-order valence-electron chi connectivity index (χ3n) is 4.94. The zero-order valence-electron chi connectivity index (χ0n) is 16.1. The molecule has 0 saturated carbocycles. The van der Waals surface area contributed by atoms with Crippen molar-refractivity contribution in [3.05, 3.63) is 60.2 Å². The number of amides is 2. The van der Waals surface area contributed by atoms with Crippen molar-refractivity contribution in [1.82, 2.24) is 4.90 Å². The standard InChI is InChI=1S/C22H26N2O3/c1-16(2)23(14-17-8-5-4-6-9-17)22(26)18-12-21(25)24(15-18)19-10-7-11-20(13-19)27-3/h4-11,13,16,18H,12,14-15H2,1-3H3. The van der Waals surface area contributed by atoms with Crippen LogP contribution in [0.3, 0.4) is 0 Å². The average Bonchev–Trinajstić information content (AvgIpc) is 3.08. The third kappa shape index (κ3) is 4.30. The summed E-state index contributed by atoms with van der Waals surface area (Å²) in [7, 11) is 1.60. The van der Waals surface area contributed by atoms with Gasteiger partial charge >= 0.3 is 0 Å². The molecule has 5 heteroatoms. The smallest absolute Gasteiger partial charge is 0.228 e. The monoisotopic (exact) mass is 366 g/mol. The van der Waals surface area contributed by atoms with E-state index in [0.29, 0.717) is 18.8 Å². The molecule has 0 bridgehead atoms. The van der Waals surface area contributed by atoms with Crippen LogP contribution in [0.4, 0.5) is 5.69 Å². The summed E-state index contributed by atoms with van der Waals surface area (Å²) >= 11 is 0. The fourth-order valence-electron chi connectivity index (χ4n) is 3.43. The van der Waals surface area contributed by atoms with Gasteiger partial charge in [-0.1, -0.05) is 36.4 Å². The van der Waals surface area contributed by atoms with Crippen LogP contribution >= 0.6 is 0 Å². The number of anilines is 1. The third-order valence-corrected chi connectivity index (χ3v) is 4.94. The molecule has 0 N–H and O–H groups in total. The molecule has 2 aromatic carbocycles. The molecule has 0 aliphatic carbocycles. The summed E-state index contributed by atoms with van der Waals surface area (Å²) in [5.74, 6) is 0.385. The Labute approximate surface area is 160 Å². The summed E-state index contributed by atoms with van der Waals surface area (Å²) in [6.45, 7) is 4.99. The molecule has 1 atom stereocenters. The molecule has 0 radical (unpaired) electrons. The maximum absolute atomic E-state index is 13.2. The van der Waals surface area contributed by atoms with E-state index in [9.17, 15) is 9.59 Å². The zero-order valence-corrected chi connectivity index (χ0v) is 16.1. The number of benzene rings is 2. The van der Waals surface area contributed by atoms with E-state index in [-0.39, 0.29) is 30.2 Å². The van der Waals surface area contributed by atoms with Gasteiger partial charge in [0.2, 0.25) is 11.8 Å². The minimum atomic E-state index is -0.324. The fourth-order valence-corrected chi connectivity index (χ4v) is 3.43. The largest absolute Gasteiger partial charge is 0.497 e. The van der Waals surface area contributed by atoms with E-state index in [1.807, 2.05) is 73.3 Å². The Morgan fingerprint density at radius 2 is 1.93 bits per heavy atom. The first-order valence-corrected chi connectivity index (χ1v) is 9.28. The van der Waals surface area contributed by atoms with Crippen molar-refractivity contribution < 1.29 is 14.3 Å². The lowest BCUT2D eigenvalue weighted by Gasteiger charge is -2.29. The van der Waals surface area contributed by atoms with Crippen molar-refractivity contribution in [2.24, 2.45) is 5.92 Å². The molecule has 27 heavy (non-hydrogen) atoms. The van der Waals surface area contributed by atoms with E-state index < -0.39 is 0 Å². The van der Waals surface area contributed by atoms with Crippen LogP contribution in [0.1, 0.15) is 25.8 Å². The van der Waals surface area contributed by atoms with Crippen LogP contribution < -0.4 is 9.64 Å². The molecule has 3 rings (SSSR count). The summed E-state index contributed by atoms with van der Waals surface area (Å²) < 4.78 is 5.25. The summed E-state index contributed by atoms with van der Waals surface area (Å²) in [6, 6.07) is 17.4. The lowest BCUT2D eigenvalue weighted by Crippen LogP contribution is -2.41. The lowest BCUT2D eigenvalue weighted by molar-refractivity contribution is -0.138. The molecule has 0 aromatic heterocycles. The molecule has 142 valence electrons. The maximum atomic E-state index is 13.2. The Bertz CT molecular complexity index is 804. The number of rotatable bonds is 6. The summed E-state index contributed by atoms with van der Waals surface area (Å²) in [6.07, 6.45) is 0.244. The maximum Gasteiger partial charge on any atom is 0.228 e. The Morgan fingerprint density at radius 1 is 1.19 bits per heavy atom. The Kier molecular flexibility index (Phi) is 5.79. The van der Waals surface area contributed by atoms with Crippen LogP contribution in [0.2, 0.25) is 0 Å². The van der Waals surface area contributed by atoms with E-state index >= 15 is 0 Å².